The van der Waals surface area contributed by atoms with Crippen molar-refractivity contribution in [2.75, 3.05) is 0 Å². The summed E-state index contributed by atoms with van der Waals surface area (Å²) in [7, 11) is 0. The van der Waals surface area contributed by atoms with Crippen LogP contribution in [0.1, 0.15) is 30.6 Å². The lowest BCUT2D eigenvalue weighted by atomic mass is 10.1. The van der Waals surface area contributed by atoms with Crippen molar-refractivity contribution >= 4 is 16.9 Å². The number of hydrogen-bond acceptors (Lipinski definition) is 3. The molecule has 1 aromatic heterocycles. The highest BCUT2D eigenvalue weighted by Gasteiger charge is 2.09. The first kappa shape index (κ1) is 11.5. The van der Waals surface area contributed by atoms with Crippen LogP contribution in [-0.2, 0) is 0 Å². The van der Waals surface area contributed by atoms with Crippen LogP contribution in [0.2, 0.25) is 0 Å². The van der Waals surface area contributed by atoms with E-state index < -0.39 is 0 Å². The number of rotatable bonds is 3. The number of benzene rings is 1. The Bertz CT molecular complexity index is 539. The van der Waals surface area contributed by atoms with Crippen LogP contribution >= 0.6 is 0 Å². The van der Waals surface area contributed by atoms with E-state index in [1.54, 1.807) is 24.5 Å². The van der Waals surface area contributed by atoms with Crippen molar-refractivity contribution in [1.82, 2.24) is 15.3 Å². The number of fused-ring (bicyclic) bond motifs is 1. The first-order valence-electron chi connectivity index (χ1n) is 5.72. The van der Waals surface area contributed by atoms with E-state index in [0.29, 0.717) is 5.56 Å². The van der Waals surface area contributed by atoms with E-state index in [2.05, 4.69) is 15.3 Å². The van der Waals surface area contributed by atoms with E-state index in [1.165, 1.54) is 0 Å². The zero-order valence-corrected chi connectivity index (χ0v) is 9.97. The highest BCUT2D eigenvalue weighted by Crippen LogP contribution is 2.11. The van der Waals surface area contributed by atoms with Gasteiger partial charge in [-0.25, -0.2) is 0 Å². The molecule has 0 aliphatic rings. The number of carbonyl (C=O) groups is 1. The Hall–Kier alpha value is -1.97. The molecule has 1 N–H and O–H groups in total. The largest absolute Gasteiger partial charge is 0.350 e. The van der Waals surface area contributed by atoms with E-state index in [9.17, 15) is 4.79 Å². The molecule has 0 aliphatic heterocycles. The van der Waals surface area contributed by atoms with Gasteiger partial charge in [0.1, 0.15) is 0 Å². The molecule has 0 unspecified atom stereocenters. The summed E-state index contributed by atoms with van der Waals surface area (Å²) in [5.74, 6) is -0.0631. The van der Waals surface area contributed by atoms with Crippen molar-refractivity contribution in [3.05, 3.63) is 36.2 Å². The molecule has 1 amide bonds. The zero-order chi connectivity index (χ0) is 12.3. The van der Waals surface area contributed by atoms with Gasteiger partial charge >= 0.3 is 0 Å². The van der Waals surface area contributed by atoms with Gasteiger partial charge < -0.3 is 5.32 Å². The normalized spacial score (nSPS) is 12.4. The van der Waals surface area contributed by atoms with Crippen molar-refractivity contribution in [2.24, 2.45) is 0 Å². The highest BCUT2D eigenvalue weighted by atomic mass is 16.1. The molecule has 88 valence electrons. The van der Waals surface area contributed by atoms with Crippen molar-refractivity contribution in [2.45, 2.75) is 26.3 Å². The number of nitrogens with zero attached hydrogens (tertiary/aromatic N) is 2. The zero-order valence-electron chi connectivity index (χ0n) is 9.97. The molecule has 0 aliphatic carbocycles. The van der Waals surface area contributed by atoms with Crippen molar-refractivity contribution in [3.8, 4) is 0 Å². The van der Waals surface area contributed by atoms with Crippen LogP contribution in [0.25, 0.3) is 11.0 Å². The minimum absolute atomic E-state index is 0.0631. The number of carbonyl (C=O) groups excluding carboxylic acids is 1. The van der Waals surface area contributed by atoms with E-state index >= 15 is 0 Å². The maximum absolute atomic E-state index is 11.9. The summed E-state index contributed by atoms with van der Waals surface area (Å²) in [6.45, 7) is 4.02. The Morgan fingerprint density at radius 2 is 2.00 bits per heavy atom. The minimum atomic E-state index is -0.0631. The van der Waals surface area contributed by atoms with Gasteiger partial charge in [0, 0.05) is 24.0 Å². The molecule has 4 heteroatoms. The predicted molar refractivity (Wildman–Crippen MR) is 66.8 cm³/mol. The van der Waals surface area contributed by atoms with Gasteiger partial charge in [-0.15, -0.1) is 0 Å². The van der Waals surface area contributed by atoms with Crippen LogP contribution < -0.4 is 5.32 Å². The van der Waals surface area contributed by atoms with Gasteiger partial charge in [0.15, 0.2) is 0 Å². The molecule has 2 aromatic rings. The van der Waals surface area contributed by atoms with Crippen LogP contribution in [-0.4, -0.2) is 21.9 Å². The summed E-state index contributed by atoms with van der Waals surface area (Å²) >= 11 is 0. The SMILES string of the molecule is CC[C@H](C)NC(=O)c1ccc2nccnc2c1. The Morgan fingerprint density at radius 3 is 2.71 bits per heavy atom. The van der Waals surface area contributed by atoms with Crippen molar-refractivity contribution in [1.29, 1.82) is 0 Å². The van der Waals surface area contributed by atoms with Gasteiger partial charge in [0.05, 0.1) is 11.0 Å². The third-order valence-electron chi connectivity index (χ3n) is 2.72. The van der Waals surface area contributed by atoms with Crippen molar-refractivity contribution < 1.29 is 4.79 Å². The number of amides is 1. The number of hydrogen-bond donors (Lipinski definition) is 1. The van der Waals surface area contributed by atoms with Crippen molar-refractivity contribution in [3.63, 3.8) is 0 Å². The predicted octanol–water partition coefficient (Wildman–Crippen LogP) is 2.16. The molecular formula is C13H15N3O. The van der Waals surface area contributed by atoms with Gasteiger partial charge in [-0.1, -0.05) is 6.92 Å². The summed E-state index contributed by atoms with van der Waals surface area (Å²) < 4.78 is 0. The molecule has 4 nitrogen and oxygen atoms in total. The third-order valence-corrected chi connectivity index (χ3v) is 2.72. The smallest absolute Gasteiger partial charge is 0.251 e. The average molecular weight is 229 g/mol. The molecule has 1 atom stereocenters. The molecule has 1 aromatic carbocycles. The lowest BCUT2D eigenvalue weighted by molar-refractivity contribution is 0.0939. The standard InChI is InChI=1S/C13H15N3O/c1-3-9(2)16-13(17)10-4-5-11-12(8-10)15-7-6-14-11/h4-9H,3H2,1-2H3,(H,16,17)/t9-/m0/s1. The monoisotopic (exact) mass is 229 g/mol. The number of nitrogens with one attached hydrogen (secondary N) is 1. The maximum atomic E-state index is 11.9. The Morgan fingerprint density at radius 1 is 1.29 bits per heavy atom. The second-order valence-corrected chi connectivity index (χ2v) is 4.04. The summed E-state index contributed by atoms with van der Waals surface area (Å²) in [6.07, 6.45) is 4.18. The minimum Gasteiger partial charge on any atom is -0.350 e. The van der Waals surface area contributed by atoms with Crippen LogP contribution in [0.5, 0.6) is 0 Å². The van der Waals surface area contributed by atoms with Crippen LogP contribution in [0.3, 0.4) is 0 Å². The molecule has 0 saturated heterocycles. The highest BCUT2D eigenvalue weighted by molar-refractivity contribution is 5.97. The van der Waals surface area contributed by atoms with E-state index in [4.69, 9.17) is 0 Å². The van der Waals surface area contributed by atoms with E-state index in [1.807, 2.05) is 19.9 Å². The topological polar surface area (TPSA) is 54.9 Å². The third kappa shape index (κ3) is 2.58. The van der Waals surface area contributed by atoms with Crippen LogP contribution in [0.4, 0.5) is 0 Å². The second-order valence-electron chi connectivity index (χ2n) is 4.04. The summed E-state index contributed by atoms with van der Waals surface area (Å²) in [5.41, 5.74) is 2.16. The lowest BCUT2D eigenvalue weighted by Crippen LogP contribution is -2.31. The first-order chi connectivity index (χ1) is 8.20. The average Bonchev–Trinajstić information content (AvgIpc) is 2.38. The van der Waals surface area contributed by atoms with Crippen LogP contribution in [0, 0.1) is 0 Å². The molecular weight excluding hydrogens is 214 g/mol. The fourth-order valence-electron chi connectivity index (χ4n) is 1.51. The summed E-state index contributed by atoms with van der Waals surface area (Å²) in [5, 5.41) is 2.92. The van der Waals surface area contributed by atoms with Gasteiger partial charge in [-0.05, 0) is 31.5 Å². The molecule has 0 spiro atoms. The Labute approximate surface area is 100 Å². The Balaban J connectivity index is 2.27. The fraction of sp³-hybridized carbons (Fsp3) is 0.308. The van der Waals surface area contributed by atoms with Gasteiger partial charge in [0.25, 0.3) is 5.91 Å². The lowest BCUT2D eigenvalue weighted by Gasteiger charge is -2.11. The van der Waals surface area contributed by atoms with Gasteiger partial charge in [0.2, 0.25) is 0 Å². The quantitative estimate of drug-likeness (QED) is 0.877. The Kier molecular flexibility index (Phi) is 3.32. The van der Waals surface area contributed by atoms with Gasteiger partial charge in [-0.3, -0.25) is 14.8 Å². The number of aromatic nitrogens is 2. The summed E-state index contributed by atoms with van der Waals surface area (Å²) in [6, 6.07) is 5.53. The second kappa shape index (κ2) is 4.91. The molecule has 1 heterocycles. The van der Waals surface area contributed by atoms with Crippen LogP contribution in [0.15, 0.2) is 30.6 Å². The maximum Gasteiger partial charge on any atom is 0.251 e. The van der Waals surface area contributed by atoms with E-state index in [0.717, 1.165) is 17.5 Å². The molecule has 0 bridgehead atoms. The molecule has 0 fully saturated rings. The van der Waals surface area contributed by atoms with E-state index in [-0.39, 0.29) is 11.9 Å². The van der Waals surface area contributed by atoms with Gasteiger partial charge in [-0.2, -0.15) is 0 Å². The molecule has 2 rings (SSSR count). The molecule has 0 radical (unpaired) electrons. The fourth-order valence-corrected chi connectivity index (χ4v) is 1.51. The summed E-state index contributed by atoms with van der Waals surface area (Å²) in [4.78, 5) is 20.2. The molecule has 17 heavy (non-hydrogen) atoms. The molecule has 0 saturated carbocycles. The first-order valence-corrected chi connectivity index (χ1v) is 5.72.